The SMILES string of the molecule is O=C(Oc1ccccc1N1CCOCC1)C1=Cc2cc(Cl)ccc2OC1. The summed E-state index contributed by atoms with van der Waals surface area (Å²) in [7, 11) is 0. The molecule has 0 amide bonds. The molecule has 0 bridgehead atoms. The van der Waals surface area contributed by atoms with Gasteiger partial charge in [0.05, 0.1) is 24.5 Å². The molecule has 2 aliphatic rings. The molecule has 0 saturated carbocycles. The van der Waals surface area contributed by atoms with Crippen LogP contribution in [-0.2, 0) is 9.53 Å². The lowest BCUT2D eigenvalue weighted by atomic mass is 10.1. The van der Waals surface area contributed by atoms with Crippen LogP contribution >= 0.6 is 11.6 Å². The Kier molecular flexibility index (Phi) is 4.82. The molecule has 1 fully saturated rings. The Morgan fingerprint density at radius 3 is 2.77 bits per heavy atom. The molecular formula is C20H18ClNO4. The summed E-state index contributed by atoms with van der Waals surface area (Å²) in [4.78, 5) is 14.8. The predicted molar refractivity (Wildman–Crippen MR) is 100 cm³/mol. The lowest BCUT2D eigenvalue weighted by molar-refractivity contribution is -0.130. The third kappa shape index (κ3) is 3.54. The van der Waals surface area contributed by atoms with Gasteiger partial charge in [-0.3, -0.25) is 0 Å². The van der Waals surface area contributed by atoms with Gasteiger partial charge >= 0.3 is 5.97 Å². The van der Waals surface area contributed by atoms with Crippen molar-refractivity contribution >= 4 is 29.3 Å². The maximum absolute atomic E-state index is 12.7. The van der Waals surface area contributed by atoms with E-state index in [2.05, 4.69) is 4.90 Å². The number of ether oxygens (including phenoxy) is 3. The van der Waals surface area contributed by atoms with Crippen molar-refractivity contribution in [3.05, 3.63) is 58.6 Å². The summed E-state index contributed by atoms with van der Waals surface area (Å²) in [6.45, 7) is 3.04. The van der Waals surface area contributed by atoms with E-state index >= 15 is 0 Å². The minimum atomic E-state index is -0.420. The lowest BCUT2D eigenvalue weighted by Crippen LogP contribution is -2.36. The molecule has 2 aliphatic heterocycles. The largest absolute Gasteiger partial charge is 0.488 e. The number of fused-ring (bicyclic) bond motifs is 1. The fourth-order valence-electron chi connectivity index (χ4n) is 3.04. The molecule has 2 aromatic carbocycles. The third-order valence-corrected chi connectivity index (χ3v) is 4.60. The van der Waals surface area contributed by atoms with E-state index in [-0.39, 0.29) is 6.61 Å². The number of morpholine rings is 1. The molecular weight excluding hydrogens is 354 g/mol. The second-order valence-corrected chi connectivity index (χ2v) is 6.53. The summed E-state index contributed by atoms with van der Waals surface area (Å²) in [6.07, 6.45) is 1.77. The standard InChI is InChI=1S/C20H18ClNO4/c21-16-5-6-18-14(12-16)11-15(13-25-18)20(23)26-19-4-2-1-3-17(19)22-7-9-24-10-8-22/h1-6,11-12H,7-10,13H2. The van der Waals surface area contributed by atoms with Gasteiger partial charge in [-0.05, 0) is 36.4 Å². The van der Waals surface area contributed by atoms with Crippen molar-refractivity contribution < 1.29 is 19.0 Å². The molecule has 1 saturated heterocycles. The zero-order chi connectivity index (χ0) is 17.9. The number of anilines is 1. The minimum Gasteiger partial charge on any atom is -0.488 e. The number of para-hydroxylation sites is 2. The summed E-state index contributed by atoms with van der Waals surface area (Å²) in [5.41, 5.74) is 2.12. The molecule has 5 nitrogen and oxygen atoms in total. The molecule has 0 aromatic heterocycles. The molecule has 6 heteroatoms. The zero-order valence-electron chi connectivity index (χ0n) is 14.1. The van der Waals surface area contributed by atoms with Crippen molar-refractivity contribution in [2.24, 2.45) is 0 Å². The van der Waals surface area contributed by atoms with E-state index in [1.54, 1.807) is 30.3 Å². The number of hydrogen-bond acceptors (Lipinski definition) is 5. The highest BCUT2D eigenvalue weighted by atomic mass is 35.5. The van der Waals surface area contributed by atoms with Gasteiger partial charge in [0, 0.05) is 23.7 Å². The molecule has 134 valence electrons. The first-order valence-corrected chi connectivity index (χ1v) is 8.85. The number of hydrogen-bond donors (Lipinski definition) is 0. The van der Waals surface area contributed by atoms with Crippen LogP contribution in [0, 0.1) is 0 Å². The van der Waals surface area contributed by atoms with Crippen LogP contribution < -0.4 is 14.4 Å². The van der Waals surface area contributed by atoms with E-state index in [0.29, 0.717) is 35.3 Å². The average molecular weight is 372 g/mol. The van der Waals surface area contributed by atoms with Gasteiger partial charge in [-0.2, -0.15) is 0 Å². The van der Waals surface area contributed by atoms with Gasteiger partial charge in [0.1, 0.15) is 12.4 Å². The van der Waals surface area contributed by atoms with Crippen LogP contribution in [0.4, 0.5) is 5.69 Å². The molecule has 0 unspecified atom stereocenters. The first-order valence-electron chi connectivity index (χ1n) is 8.47. The van der Waals surface area contributed by atoms with E-state index in [4.69, 9.17) is 25.8 Å². The fourth-order valence-corrected chi connectivity index (χ4v) is 3.22. The van der Waals surface area contributed by atoms with Gasteiger partial charge in [-0.15, -0.1) is 0 Å². The van der Waals surface area contributed by atoms with Gasteiger partial charge in [-0.25, -0.2) is 4.79 Å². The zero-order valence-corrected chi connectivity index (χ0v) is 14.9. The summed E-state index contributed by atoms with van der Waals surface area (Å²) < 4.78 is 16.7. The highest BCUT2D eigenvalue weighted by Gasteiger charge is 2.22. The topological polar surface area (TPSA) is 48.0 Å². The number of halogens is 1. The second-order valence-electron chi connectivity index (χ2n) is 6.10. The molecule has 0 N–H and O–H groups in total. The van der Waals surface area contributed by atoms with Crippen LogP contribution in [0.3, 0.4) is 0 Å². The molecule has 2 heterocycles. The van der Waals surface area contributed by atoms with Gasteiger partial charge in [-0.1, -0.05) is 23.7 Å². The maximum atomic E-state index is 12.7. The molecule has 4 rings (SSSR count). The number of esters is 1. The second kappa shape index (κ2) is 7.40. The van der Waals surface area contributed by atoms with E-state index in [0.717, 1.165) is 24.3 Å². The Labute approximate surface area is 156 Å². The quantitative estimate of drug-likeness (QED) is 0.610. The smallest absolute Gasteiger partial charge is 0.342 e. The van der Waals surface area contributed by atoms with Crippen molar-refractivity contribution in [2.45, 2.75) is 0 Å². The van der Waals surface area contributed by atoms with Gasteiger partial charge in [0.25, 0.3) is 0 Å². The Balaban J connectivity index is 1.56. The van der Waals surface area contributed by atoms with Crippen molar-refractivity contribution in [3.8, 4) is 11.5 Å². The highest BCUT2D eigenvalue weighted by Crippen LogP contribution is 2.32. The number of carbonyl (C=O) groups excluding carboxylic acids is 1. The molecule has 0 spiro atoms. The Morgan fingerprint density at radius 1 is 1.12 bits per heavy atom. The van der Waals surface area contributed by atoms with Crippen LogP contribution in [0.15, 0.2) is 48.0 Å². The van der Waals surface area contributed by atoms with E-state index in [1.165, 1.54) is 0 Å². The summed E-state index contributed by atoms with van der Waals surface area (Å²) in [5.74, 6) is 0.827. The number of rotatable bonds is 3. The van der Waals surface area contributed by atoms with Gasteiger partial charge < -0.3 is 19.1 Å². The first-order chi connectivity index (χ1) is 12.7. The normalized spacial score (nSPS) is 16.3. The Hall–Kier alpha value is -2.50. The van der Waals surface area contributed by atoms with E-state index < -0.39 is 5.97 Å². The van der Waals surface area contributed by atoms with Gasteiger partial charge in [0.2, 0.25) is 0 Å². The number of benzene rings is 2. The van der Waals surface area contributed by atoms with Crippen LogP contribution in [0.1, 0.15) is 5.56 Å². The maximum Gasteiger partial charge on any atom is 0.342 e. The molecule has 0 atom stereocenters. The predicted octanol–water partition coefficient (Wildman–Crippen LogP) is 3.56. The third-order valence-electron chi connectivity index (χ3n) is 4.37. The fraction of sp³-hybridized carbons (Fsp3) is 0.250. The Bertz CT molecular complexity index is 859. The summed E-state index contributed by atoms with van der Waals surface area (Å²) in [6, 6.07) is 12.9. The van der Waals surface area contributed by atoms with Crippen molar-refractivity contribution in [1.29, 1.82) is 0 Å². The Morgan fingerprint density at radius 2 is 1.92 bits per heavy atom. The number of nitrogens with zero attached hydrogens (tertiary/aromatic N) is 1. The summed E-state index contributed by atoms with van der Waals surface area (Å²) >= 11 is 6.02. The monoisotopic (exact) mass is 371 g/mol. The van der Waals surface area contributed by atoms with Crippen molar-refractivity contribution in [2.75, 3.05) is 37.8 Å². The first kappa shape index (κ1) is 16.9. The van der Waals surface area contributed by atoms with Crippen LogP contribution in [0.25, 0.3) is 6.08 Å². The highest BCUT2D eigenvalue weighted by molar-refractivity contribution is 6.30. The summed E-state index contributed by atoms with van der Waals surface area (Å²) in [5, 5.41) is 0.593. The van der Waals surface area contributed by atoms with Gasteiger partial charge in [0.15, 0.2) is 5.75 Å². The molecule has 0 aliphatic carbocycles. The van der Waals surface area contributed by atoms with Crippen LogP contribution in [0.5, 0.6) is 11.5 Å². The van der Waals surface area contributed by atoms with Crippen molar-refractivity contribution in [3.63, 3.8) is 0 Å². The molecule has 2 aromatic rings. The minimum absolute atomic E-state index is 0.174. The van der Waals surface area contributed by atoms with Crippen LogP contribution in [0.2, 0.25) is 5.02 Å². The van der Waals surface area contributed by atoms with E-state index in [9.17, 15) is 4.79 Å². The van der Waals surface area contributed by atoms with Crippen LogP contribution in [-0.4, -0.2) is 38.9 Å². The molecule has 0 radical (unpaired) electrons. The lowest BCUT2D eigenvalue weighted by Gasteiger charge is -2.30. The molecule has 26 heavy (non-hydrogen) atoms. The van der Waals surface area contributed by atoms with E-state index in [1.807, 2.05) is 18.2 Å². The number of carbonyl (C=O) groups is 1. The average Bonchev–Trinajstić information content (AvgIpc) is 2.68. The van der Waals surface area contributed by atoms with Crippen molar-refractivity contribution in [1.82, 2.24) is 0 Å².